The molecule has 0 aromatic heterocycles. The molecular formula is C80H156O17P2. The molecule has 0 saturated carbocycles. The summed E-state index contributed by atoms with van der Waals surface area (Å²) < 4.78 is 68.7. The van der Waals surface area contributed by atoms with Gasteiger partial charge in [-0.05, 0) is 49.4 Å². The van der Waals surface area contributed by atoms with Gasteiger partial charge in [0.1, 0.15) is 19.3 Å². The molecule has 17 nitrogen and oxygen atoms in total. The highest BCUT2D eigenvalue weighted by Gasteiger charge is 2.30. The van der Waals surface area contributed by atoms with E-state index in [1.165, 1.54) is 205 Å². The molecule has 0 amide bonds. The molecule has 99 heavy (non-hydrogen) atoms. The lowest BCUT2D eigenvalue weighted by molar-refractivity contribution is -0.161. The molecule has 0 heterocycles. The zero-order valence-electron chi connectivity index (χ0n) is 65.1. The molecule has 588 valence electrons. The van der Waals surface area contributed by atoms with Gasteiger partial charge in [-0.25, -0.2) is 9.13 Å². The average Bonchev–Trinajstić information content (AvgIpc) is 1.03. The maximum atomic E-state index is 13.1. The summed E-state index contributed by atoms with van der Waals surface area (Å²) in [5, 5.41) is 10.6. The molecule has 0 bridgehead atoms. The summed E-state index contributed by atoms with van der Waals surface area (Å²) in [6, 6.07) is 0. The fraction of sp³-hybridized carbons (Fsp3) is 0.950. The SMILES string of the molecule is CCC(C)CCCCCCCCCCCCCCCCC(=O)O[C@H](COC(=O)CCCCCCCCCCCCCC(C)C)COP(=O)(O)OC[C@@H](O)COP(=O)(O)OC[C@@H](COC(=O)CCCCCCCCC(C)CC)OC(=O)CCCCCCCCCCCCCCCCC(C)C. The van der Waals surface area contributed by atoms with Crippen molar-refractivity contribution >= 4 is 39.5 Å². The number of hydrogen-bond donors (Lipinski definition) is 3. The Hall–Kier alpha value is -1.94. The number of carbonyl (C=O) groups is 4. The van der Waals surface area contributed by atoms with Crippen LogP contribution in [0.5, 0.6) is 0 Å². The van der Waals surface area contributed by atoms with Crippen molar-refractivity contribution < 1.29 is 80.2 Å². The number of aliphatic hydroxyl groups is 1. The summed E-state index contributed by atoms with van der Waals surface area (Å²) in [5.74, 6) is 1.03. The van der Waals surface area contributed by atoms with Gasteiger partial charge in [-0.15, -0.1) is 0 Å². The predicted octanol–water partition coefficient (Wildman–Crippen LogP) is 23.6. The first-order valence-electron chi connectivity index (χ1n) is 41.3. The molecule has 7 atom stereocenters. The first kappa shape index (κ1) is 97.1. The molecule has 0 aliphatic heterocycles. The molecule has 0 radical (unpaired) electrons. The van der Waals surface area contributed by atoms with Crippen LogP contribution in [0.4, 0.5) is 0 Å². The quantitative estimate of drug-likeness (QED) is 0.0222. The van der Waals surface area contributed by atoms with E-state index >= 15 is 0 Å². The number of hydrogen-bond acceptors (Lipinski definition) is 15. The molecule has 0 spiro atoms. The van der Waals surface area contributed by atoms with E-state index < -0.39 is 97.5 Å². The lowest BCUT2D eigenvalue weighted by Gasteiger charge is -2.21. The molecule has 19 heteroatoms. The van der Waals surface area contributed by atoms with Crippen molar-refractivity contribution in [1.82, 2.24) is 0 Å². The van der Waals surface area contributed by atoms with Crippen LogP contribution in [0.1, 0.15) is 409 Å². The van der Waals surface area contributed by atoms with Crippen LogP contribution in [-0.2, 0) is 65.4 Å². The van der Waals surface area contributed by atoms with Crippen LogP contribution < -0.4 is 0 Å². The standard InChI is InChI=1S/C80H156O17P2/c1-9-72(7)58-50-42-34-28-22-16-12-14-18-24-31-37-47-55-62-79(84)96-75(66-90-77(82)60-52-44-35-29-25-19-21-27-33-41-49-57-71(5)6)68-94-98(86,87)92-64-74(81)65-93-99(88,89)95-69-76(67-91-78(83)61-53-45-39-38-43-51-59-73(8)10-2)97-80(85)63-54-46-36-30-23-17-13-11-15-20-26-32-40-48-56-70(3)4/h70-76,81H,9-69H2,1-8H3,(H,86,87)(H,88,89)/t72?,73?,74-,75-,76-/m1/s1. The Morgan fingerprint density at radius 3 is 0.717 bits per heavy atom. The van der Waals surface area contributed by atoms with Crippen LogP contribution in [0.25, 0.3) is 0 Å². The fourth-order valence-corrected chi connectivity index (χ4v) is 13.8. The summed E-state index contributed by atoms with van der Waals surface area (Å²) in [6.07, 6.45) is 55.4. The largest absolute Gasteiger partial charge is 0.472 e. The summed E-state index contributed by atoms with van der Waals surface area (Å²) in [6.45, 7) is 14.3. The minimum Gasteiger partial charge on any atom is -0.462 e. The van der Waals surface area contributed by atoms with Crippen molar-refractivity contribution in [3.63, 3.8) is 0 Å². The van der Waals surface area contributed by atoms with Gasteiger partial charge in [0.05, 0.1) is 26.4 Å². The van der Waals surface area contributed by atoms with E-state index in [4.69, 9.17) is 37.0 Å². The molecule has 0 aliphatic rings. The van der Waals surface area contributed by atoms with Gasteiger partial charge in [-0.1, -0.05) is 357 Å². The van der Waals surface area contributed by atoms with E-state index in [2.05, 4.69) is 55.4 Å². The van der Waals surface area contributed by atoms with Gasteiger partial charge in [-0.2, -0.15) is 0 Å². The highest BCUT2D eigenvalue weighted by molar-refractivity contribution is 7.47. The van der Waals surface area contributed by atoms with Gasteiger partial charge in [0.15, 0.2) is 12.2 Å². The predicted molar refractivity (Wildman–Crippen MR) is 404 cm³/mol. The Balaban J connectivity index is 5.25. The smallest absolute Gasteiger partial charge is 0.462 e. The number of phosphoric acid groups is 2. The summed E-state index contributed by atoms with van der Waals surface area (Å²) in [4.78, 5) is 73.0. The van der Waals surface area contributed by atoms with Gasteiger partial charge in [-0.3, -0.25) is 37.3 Å². The fourth-order valence-electron chi connectivity index (χ4n) is 12.2. The van der Waals surface area contributed by atoms with E-state index in [0.717, 1.165) is 120 Å². The van der Waals surface area contributed by atoms with Crippen molar-refractivity contribution in [2.75, 3.05) is 39.6 Å². The highest BCUT2D eigenvalue weighted by atomic mass is 31.2. The molecule has 0 saturated heterocycles. The summed E-state index contributed by atoms with van der Waals surface area (Å²) in [5.41, 5.74) is 0. The third kappa shape index (κ3) is 71.5. The highest BCUT2D eigenvalue weighted by Crippen LogP contribution is 2.45. The lowest BCUT2D eigenvalue weighted by atomic mass is 9.99. The molecule has 0 rings (SSSR count). The van der Waals surface area contributed by atoms with Gasteiger partial charge in [0.2, 0.25) is 0 Å². The van der Waals surface area contributed by atoms with E-state index in [9.17, 15) is 43.2 Å². The van der Waals surface area contributed by atoms with Crippen LogP contribution in [0.3, 0.4) is 0 Å². The van der Waals surface area contributed by atoms with E-state index in [1.807, 2.05) is 0 Å². The average molecular weight is 1450 g/mol. The lowest BCUT2D eigenvalue weighted by Crippen LogP contribution is -2.30. The number of ether oxygens (including phenoxy) is 4. The van der Waals surface area contributed by atoms with Crippen LogP contribution in [0.15, 0.2) is 0 Å². The first-order valence-corrected chi connectivity index (χ1v) is 44.3. The van der Waals surface area contributed by atoms with Gasteiger partial charge >= 0.3 is 39.5 Å². The molecular weight excluding hydrogens is 1290 g/mol. The second-order valence-corrected chi connectivity index (χ2v) is 33.1. The van der Waals surface area contributed by atoms with Gasteiger partial charge in [0.25, 0.3) is 0 Å². The Kier molecular flexibility index (Phi) is 67.8. The topological polar surface area (TPSA) is 237 Å². The van der Waals surface area contributed by atoms with Crippen molar-refractivity contribution in [2.24, 2.45) is 23.7 Å². The Morgan fingerprint density at radius 1 is 0.283 bits per heavy atom. The van der Waals surface area contributed by atoms with Gasteiger partial charge in [0, 0.05) is 25.7 Å². The number of carbonyl (C=O) groups excluding carboxylic acids is 4. The molecule has 0 aromatic carbocycles. The zero-order valence-corrected chi connectivity index (χ0v) is 66.9. The summed E-state index contributed by atoms with van der Waals surface area (Å²) in [7, 11) is -9.92. The Labute approximate surface area is 607 Å². The zero-order chi connectivity index (χ0) is 73.1. The van der Waals surface area contributed by atoms with Crippen molar-refractivity contribution in [3.8, 4) is 0 Å². The number of aliphatic hydroxyl groups excluding tert-OH is 1. The minimum atomic E-state index is -4.96. The first-order chi connectivity index (χ1) is 47.7. The van der Waals surface area contributed by atoms with Crippen molar-refractivity contribution in [2.45, 2.75) is 427 Å². The Bertz CT molecular complexity index is 1940. The van der Waals surface area contributed by atoms with E-state index in [0.29, 0.717) is 25.7 Å². The molecule has 4 unspecified atom stereocenters. The van der Waals surface area contributed by atoms with Crippen LogP contribution >= 0.6 is 15.6 Å². The number of unbranched alkanes of at least 4 members (excludes halogenated alkanes) is 41. The van der Waals surface area contributed by atoms with Crippen molar-refractivity contribution in [3.05, 3.63) is 0 Å². The number of rotatable bonds is 77. The normalized spacial score (nSPS) is 14.6. The van der Waals surface area contributed by atoms with Crippen molar-refractivity contribution in [1.29, 1.82) is 0 Å². The van der Waals surface area contributed by atoms with Crippen LogP contribution in [0, 0.1) is 23.7 Å². The van der Waals surface area contributed by atoms with Crippen LogP contribution in [0.2, 0.25) is 0 Å². The molecule has 0 aromatic rings. The van der Waals surface area contributed by atoms with Gasteiger partial charge < -0.3 is 33.8 Å². The molecule has 3 N–H and O–H groups in total. The second kappa shape index (κ2) is 69.1. The maximum absolute atomic E-state index is 13.1. The third-order valence-corrected chi connectivity index (χ3v) is 21.2. The number of esters is 4. The molecule has 0 aliphatic carbocycles. The maximum Gasteiger partial charge on any atom is 0.472 e. The Morgan fingerprint density at radius 2 is 0.485 bits per heavy atom. The third-order valence-electron chi connectivity index (χ3n) is 19.3. The van der Waals surface area contributed by atoms with Crippen LogP contribution in [-0.4, -0.2) is 96.7 Å². The second-order valence-electron chi connectivity index (χ2n) is 30.2. The number of phosphoric ester groups is 2. The minimum absolute atomic E-state index is 0.106. The van der Waals surface area contributed by atoms with E-state index in [1.54, 1.807) is 0 Å². The summed E-state index contributed by atoms with van der Waals surface area (Å²) >= 11 is 0. The molecule has 0 fully saturated rings. The monoisotopic (exact) mass is 1450 g/mol. The van der Waals surface area contributed by atoms with E-state index in [-0.39, 0.29) is 25.7 Å².